The highest BCUT2D eigenvalue weighted by molar-refractivity contribution is 7.17. The van der Waals surface area contributed by atoms with Crippen LogP contribution in [0.4, 0.5) is 15.2 Å². The van der Waals surface area contributed by atoms with Crippen molar-refractivity contribution < 1.29 is 33.5 Å². The number of nitrogens with zero attached hydrogens (tertiary/aromatic N) is 3. The fourth-order valence-electron chi connectivity index (χ4n) is 3.65. The van der Waals surface area contributed by atoms with Gasteiger partial charge in [-0.2, -0.15) is 0 Å². The molecule has 178 valence electrons. The predicted octanol–water partition coefficient (Wildman–Crippen LogP) is 3.91. The zero-order valence-electron chi connectivity index (χ0n) is 18.2. The number of non-ortho nitro benzene ring substituents is 1. The fraction of sp³-hybridized carbons (Fsp3) is 0.130. The van der Waals surface area contributed by atoms with Crippen molar-refractivity contribution in [2.45, 2.75) is 13.0 Å². The minimum atomic E-state index is -1.23. The highest BCUT2D eigenvalue weighted by Gasteiger charge is 2.48. The number of carbonyl (C=O) groups excluding carboxylic acids is 3. The van der Waals surface area contributed by atoms with Crippen LogP contribution in [0.3, 0.4) is 0 Å². The van der Waals surface area contributed by atoms with E-state index in [1.54, 1.807) is 0 Å². The van der Waals surface area contributed by atoms with Gasteiger partial charge in [0, 0.05) is 17.7 Å². The van der Waals surface area contributed by atoms with Crippen LogP contribution in [0.15, 0.2) is 54.1 Å². The van der Waals surface area contributed by atoms with E-state index in [9.17, 15) is 34.0 Å². The van der Waals surface area contributed by atoms with Crippen LogP contribution in [0.25, 0.3) is 5.76 Å². The number of halogens is 1. The Kier molecular flexibility index (Phi) is 6.14. The minimum absolute atomic E-state index is 0.00786. The lowest BCUT2D eigenvalue weighted by molar-refractivity contribution is -0.384. The number of nitro groups is 1. The summed E-state index contributed by atoms with van der Waals surface area (Å²) in [6.45, 7) is 1.53. The molecule has 3 aromatic rings. The van der Waals surface area contributed by atoms with E-state index in [1.165, 1.54) is 50.4 Å². The number of aryl methyl sites for hydroxylation is 1. The number of ether oxygens (including phenoxy) is 1. The number of aliphatic hydroxyl groups is 1. The van der Waals surface area contributed by atoms with E-state index in [-0.39, 0.29) is 38.1 Å². The number of thiazole rings is 1. The number of anilines is 1. The first kappa shape index (κ1) is 23.7. The zero-order valence-corrected chi connectivity index (χ0v) is 19.0. The fourth-order valence-corrected chi connectivity index (χ4v) is 4.67. The molecule has 35 heavy (non-hydrogen) atoms. The summed E-state index contributed by atoms with van der Waals surface area (Å²) in [6, 6.07) is 8.51. The standard InChI is InChI=1S/C23H16FN3O7S/c1-11-20(22(31)34-2)35-23(25-11)26-17(12-5-9-15(10-6-12)27(32)33)16(19(29)21(26)30)18(28)13-3-7-14(24)8-4-13/h3-10,17,28H,1-2H3/b18-16+/t17-/m0/s1. The first-order valence-corrected chi connectivity index (χ1v) is 10.8. The Balaban J connectivity index is 1.93. The van der Waals surface area contributed by atoms with E-state index < -0.39 is 40.2 Å². The largest absolute Gasteiger partial charge is 0.507 e. The number of aliphatic hydroxyl groups excluding tert-OH is 1. The molecule has 0 radical (unpaired) electrons. The maximum Gasteiger partial charge on any atom is 0.350 e. The Morgan fingerprint density at radius 2 is 1.80 bits per heavy atom. The summed E-state index contributed by atoms with van der Waals surface area (Å²) in [6.07, 6.45) is 0. The Hall–Kier alpha value is -4.45. The Bertz CT molecular complexity index is 1400. The summed E-state index contributed by atoms with van der Waals surface area (Å²) in [4.78, 5) is 54.2. The lowest BCUT2D eigenvalue weighted by Gasteiger charge is -2.22. The van der Waals surface area contributed by atoms with Gasteiger partial charge in [0.1, 0.15) is 16.5 Å². The predicted molar refractivity (Wildman–Crippen MR) is 122 cm³/mol. The van der Waals surface area contributed by atoms with Gasteiger partial charge in [-0.05, 0) is 48.9 Å². The molecule has 1 N–H and O–H groups in total. The monoisotopic (exact) mass is 497 g/mol. The molecule has 0 aliphatic carbocycles. The van der Waals surface area contributed by atoms with Crippen LogP contribution < -0.4 is 4.90 Å². The number of esters is 1. The van der Waals surface area contributed by atoms with Crippen molar-refractivity contribution >= 4 is 45.6 Å². The van der Waals surface area contributed by atoms with Crippen molar-refractivity contribution in [3.05, 3.63) is 91.7 Å². The average Bonchev–Trinajstić information content (AvgIpc) is 3.35. The Morgan fingerprint density at radius 1 is 1.17 bits per heavy atom. The number of hydrogen-bond acceptors (Lipinski definition) is 9. The molecule has 0 bridgehead atoms. The van der Waals surface area contributed by atoms with Crippen LogP contribution in [-0.2, 0) is 14.3 Å². The van der Waals surface area contributed by atoms with E-state index in [2.05, 4.69) is 4.98 Å². The molecule has 1 aliphatic rings. The van der Waals surface area contributed by atoms with E-state index in [4.69, 9.17) is 4.74 Å². The molecule has 12 heteroatoms. The summed E-state index contributed by atoms with van der Waals surface area (Å²) in [5.74, 6) is -3.87. The highest BCUT2D eigenvalue weighted by Crippen LogP contribution is 2.44. The van der Waals surface area contributed by atoms with Gasteiger partial charge in [0.15, 0.2) is 5.13 Å². The molecule has 0 unspecified atom stereocenters. The van der Waals surface area contributed by atoms with Gasteiger partial charge in [0.25, 0.3) is 11.5 Å². The number of rotatable bonds is 5. The van der Waals surface area contributed by atoms with Crippen molar-refractivity contribution in [2.24, 2.45) is 0 Å². The number of benzene rings is 2. The molecule has 1 aromatic heterocycles. The van der Waals surface area contributed by atoms with Crippen LogP contribution in [0.2, 0.25) is 0 Å². The molecule has 10 nitrogen and oxygen atoms in total. The lowest BCUT2D eigenvalue weighted by Crippen LogP contribution is -2.29. The number of carbonyl (C=O) groups is 3. The van der Waals surface area contributed by atoms with Crippen molar-refractivity contribution in [2.75, 3.05) is 12.0 Å². The summed E-state index contributed by atoms with van der Waals surface area (Å²) < 4.78 is 18.1. The minimum Gasteiger partial charge on any atom is -0.507 e. The van der Waals surface area contributed by atoms with E-state index >= 15 is 0 Å². The molecular weight excluding hydrogens is 481 g/mol. The molecule has 1 fully saturated rings. The number of aromatic nitrogens is 1. The first-order chi connectivity index (χ1) is 16.6. The molecule has 1 saturated heterocycles. The van der Waals surface area contributed by atoms with Crippen LogP contribution in [0, 0.1) is 22.9 Å². The normalized spacial score (nSPS) is 17.0. The Morgan fingerprint density at radius 3 is 2.37 bits per heavy atom. The Labute approximate surface area is 201 Å². The van der Waals surface area contributed by atoms with Crippen molar-refractivity contribution in [3.8, 4) is 0 Å². The SMILES string of the molecule is COC(=O)c1sc(N2C(=O)C(=O)/C(=C(/O)c3ccc(F)cc3)[C@@H]2c2ccc([N+](=O)[O-])cc2)nc1C. The van der Waals surface area contributed by atoms with Crippen LogP contribution in [-0.4, -0.2) is 39.8 Å². The number of amides is 1. The molecular formula is C23H16FN3O7S. The zero-order chi connectivity index (χ0) is 25.4. The molecule has 4 rings (SSSR count). The number of nitro benzene ring substituents is 1. The average molecular weight is 497 g/mol. The second kappa shape index (κ2) is 9.06. The summed E-state index contributed by atoms with van der Waals surface area (Å²) in [7, 11) is 1.19. The first-order valence-electron chi connectivity index (χ1n) is 10.0. The molecule has 2 heterocycles. The van der Waals surface area contributed by atoms with Gasteiger partial charge in [-0.15, -0.1) is 0 Å². The second-order valence-electron chi connectivity index (χ2n) is 7.43. The summed E-state index contributed by atoms with van der Waals surface area (Å²) in [5.41, 5.74) is 0.0813. The van der Waals surface area contributed by atoms with Gasteiger partial charge in [-0.1, -0.05) is 11.3 Å². The lowest BCUT2D eigenvalue weighted by atomic mass is 9.95. The number of ketones is 1. The number of Topliss-reactive ketones (excluding diaryl/α,β-unsaturated/α-hetero) is 1. The molecule has 0 spiro atoms. The van der Waals surface area contributed by atoms with Crippen LogP contribution >= 0.6 is 11.3 Å². The van der Waals surface area contributed by atoms with Crippen molar-refractivity contribution in [1.82, 2.24) is 4.98 Å². The molecule has 1 amide bonds. The highest BCUT2D eigenvalue weighted by atomic mass is 32.1. The maximum absolute atomic E-state index is 13.4. The summed E-state index contributed by atoms with van der Waals surface area (Å²) in [5, 5.41) is 22.1. The van der Waals surface area contributed by atoms with E-state index in [0.717, 1.165) is 28.4 Å². The van der Waals surface area contributed by atoms with Gasteiger partial charge >= 0.3 is 11.9 Å². The second-order valence-corrected chi connectivity index (χ2v) is 8.40. The molecule has 1 atom stereocenters. The third-order valence-corrected chi connectivity index (χ3v) is 6.48. The van der Waals surface area contributed by atoms with E-state index in [0.29, 0.717) is 0 Å². The third kappa shape index (κ3) is 4.15. The number of hydrogen-bond donors (Lipinski definition) is 1. The van der Waals surface area contributed by atoms with Crippen LogP contribution in [0.1, 0.15) is 32.5 Å². The molecule has 1 aliphatic heterocycles. The number of methoxy groups -OCH3 is 1. The topological polar surface area (TPSA) is 140 Å². The van der Waals surface area contributed by atoms with Gasteiger partial charge in [-0.3, -0.25) is 24.6 Å². The van der Waals surface area contributed by atoms with Gasteiger partial charge in [0.2, 0.25) is 0 Å². The molecule has 2 aromatic carbocycles. The van der Waals surface area contributed by atoms with Crippen LogP contribution in [0.5, 0.6) is 0 Å². The van der Waals surface area contributed by atoms with Gasteiger partial charge in [-0.25, -0.2) is 14.2 Å². The van der Waals surface area contributed by atoms with Crippen molar-refractivity contribution in [3.63, 3.8) is 0 Å². The smallest absolute Gasteiger partial charge is 0.350 e. The van der Waals surface area contributed by atoms with Gasteiger partial charge in [0.05, 0.1) is 29.3 Å². The third-order valence-electron chi connectivity index (χ3n) is 5.34. The maximum atomic E-state index is 13.4. The quantitative estimate of drug-likeness (QED) is 0.140. The summed E-state index contributed by atoms with van der Waals surface area (Å²) >= 11 is 0.818. The molecule has 0 saturated carbocycles. The van der Waals surface area contributed by atoms with Crippen molar-refractivity contribution in [1.29, 1.82) is 0 Å². The van der Waals surface area contributed by atoms with Gasteiger partial charge < -0.3 is 9.84 Å². The van der Waals surface area contributed by atoms with E-state index in [1.807, 2.05) is 0 Å².